The summed E-state index contributed by atoms with van der Waals surface area (Å²) in [4.78, 5) is 38.5. The van der Waals surface area contributed by atoms with Gasteiger partial charge in [0.2, 0.25) is 11.8 Å². The van der Waals surface area contributed by atoms with Crippen molar-refractivity contribution in [2.75, 3.05) is 32.4 Å². The third-order valence-corrected chi connectivity index (χ3v) is 14.7. The minimum absolute atomic E-state index is 0.00565. The fourth-order valence-corrected chi connectivity index (χ4v) is 10.4. The van der Waals surface area contributed by atoms with Crippen LogP contribution in [0.5, 0.6) is 0 Å². The van der Waals surface area contributed by atoms with Gasteiger partial charge in [-0.2, -0.15) is 52.7 Å². The third kappa shape index (κ3) is 13.2. The van der Waals surface area contributed by atoms with Crippen LogP contribution in [-0.4, -0.2) is 66.3 Å². The van der Waals surface area contributed by atoms with Crippen LogP contribution in [-0.2, 0) is 59.6 Å². The molecule has 0 unspecified atom stereocenters. The Balaban J connectivity index is 0.000000221. The summed E-state index contributed by atoms with van der Waals surface area (Å²) in [5, 5.41) is 9.46. The molecule has 4 fully saturated rings. The van der Waals surface area contributed by atoms with Gasteiger partial charge in [-0.15, -0.1) is 0 Å². The van der Waals surface area contributed by atoms with E-state index in [1.165, 1.54) is 18.7 Å². The number of nitrogens with zero attached hydrogens (tertiary/aromatic N) is 1. The Hall–Kier alpha value is -5.58. The van der Waals surface area contributed by atoms with Gasteiger partial charge in [0.05, 0.1) is 69.8 Å². The predicted octanol–water partition coefficient (Wildman–Crippen LogP) is 12.5. The number of carbonyl (C=O) groups is 3. The van der Waals surface area contributed by atoms with Gasteiger partial charge in [0.25, 0.3) is 0 Å². The zero-order valence-corrected chi connectivity index (χ0v) is 41.2. The number of halogens is 13. The van der Waals surface area contributed by atoms with Crippen molar-refractivity contribution in [2.24, 2.45) is 0 Å². The Morgan fingerprint density at radius 1 is 0.587 bits per heavy atom. The van der Waals surface area contributed by atoms with E-state index >= 15 is 0 Å². The Kier molecular flexibility index (Phi) is 16.6. The first-order valence-corrected chi connectivity index (χ1v) is 24.4. The molecule has 4 aromatic carbocycles. The molecule has 4 heterocycles. The van der Waals surface area contributed by atoms with Gasteiger partial charge in [-0.1, -0.05) is 72.3 Å². The Morgan fingerprint density at radius 3 is 1.41 bits per heavy atom. The number of alkyl halides is 13. The van der Waals surface area contributed by atoms with E-state index in [0.29, 0.717) is 74.9 Å². The first-order chi connectivity index (χ1) is 35.0. The summed E-state index contributed by atoms with van der Waals surface area (Å²) in [6, 6.07) is 20.4. The Bertz CT molecular complexity index is 2600. The zero-order valence-electron chi connectivity index (χ0n) is 40.4. The summed E-state index contributed by atoms with van der Waals surface area (Å²) in [6.45, 7) is 3.06. The fourth-order valence-electron chi connectivity index (χ4n) is 10.3. The first kappa shape index (κ1) is 57.1. The Labute approximate surface area is 428 Å². The molecule has 4 aliphatic heterocycles. The number of hydrogen-bond donors (Lipinski definition) is 3. The van der Waals surface area contributed by atoms with E-state index in [0.717, 1.165) is 5.56 Å². The molecule has 0 aromatic heterocycles. The molecular formula is C52H53ClF12N4O6. The molecule has 0 saturated carbocycles. The number of carbonyl (C=O) groups excluding carboxylic acids is 3. The van der Waals surface area contributed by atoms with Crippen molar-refractivity contribution in [1.82, 2.24) is 20.9 Å². The van der Waals surface area contributed by atoms with Gasteiger partial charge in [-0.25, -0.2) is 4.79 Å². The number of benzene rings is 4. The molecule has 4 aliphatic rings. The van der Waals surface area contributed by atoms with Crippen molar-refractivity contribution in [2.45, 2.75) is 124 Å². The molecule has 0 bridgehead atoms. The average Bonchev–Trinajstić information content (AvgIpc) is 3.92. The van der Waals surface area contributed by atoms with Gasteiger partial charge < -0.3 is 30.2 Å². The van der Waals surface area contributed by atoms with E-state index in [9.17, 15) is 67.1 Å². The smallest absolute Gasteiger partial charge is 0.416 e. The summed E-state index contributed by atoms with van der Waals surface area (Å²) in [5.74, 6) is -0.165. The summed E-state index contributed by atoms with van der Waals surface area (Å²) in [5.41, 5.74) is -7.65. The number of ether oxygens (including phenoxy) is 3. The summed E-state index contributed by atoms with van der Waals surface area (Å²) in [7, 11) is 0. The van der Waals surface area contributed by atoms with Gasteiger partial charge in [0, 0.05) is 25.9 Å². The number of amides is 3. The van der Waals surface area contributed by atoms with Crippen LogP contribution in [0.25, 0.3) is 0 Å². The maximum atomic E-state index is 13.4. The van der Waals surface area contributed by atoms with Crippen LogP contribution in [0.3, 0.4) is 0 Å². The van der Waals surface area contributed by atoms with E-state index in [4.69, 9.17) is 25.8 Å². The average molecular weight is 1090 g/mol. The molecule has 4 aromatic rings. The van der Waals surface area contributed by atoms with Crippen LogP contribution in [0.4, 0.5) is 57.5 Å². The van der Waals surface area contributed by atoms with Crippen molar-refractivity contribution >= 4 is 29.5 Å². The lowest BCUT2D eigenvalue weighted by Crippen LogP contribution is -2.65. The quantitative estimate of drug-likeness (QED) is 0.101. The van der Waals surface area contributed by atoms with E-state index in [1.807, 2.05) is 30.3 Å². The molecule has 4 saturated heterocycles. The molecule has 6 atom stereocenters. The number of hydrogen-bond acceptors (Lipinski definition) is 7. The van der Waals surface area contributed by atoms with Crippen molar-refractivity contribution < 1.29 is 81.3 Å². The van der Waals surface area contributed by atoms with Gasteiger partial charge in [0.15, 0.2) is 6.07 Å². The molecule has 2 spiro atoms. The lowest BCUT2D eigenvalue weighted by atomic mass is 9.74. The van der Waals surface area contributed by atoms with Crippen LogP contribution >= 0.6 is 11.6 Å². The number of likely N-dealkylation sites (tertiary alicyclic amines) is 1. The highest BCUT2D eigenvalue weighted by Crippen LogP contribution is 2.47. The molecule has 0 radical (unpaired) electrons. The maximum absolute atomic E-state index is 13.4. The highest BCUT2D eigenvalue weighted by molar-refractivity contribution is 6.17. The second-order valence-electron chi connectivity index (χ2n) is 19.5. The molecular weight excluding hydrogens is 1040 g/mol. The molecule has 75 heavy (non-hydrogen) atoms. The molecule has 3 amide bonds. The second-order valence-corrected chi connectivity index (χ2v) is 19.8. The minimum Gasteiger partial charge on any atom is -0.433 e. The van der Waals surface area contributed by atoms with Crippen LogP contribution < -0.4 is 16.0 Å². The SMILES string of the molecule is C[C@@H](OC[C@@]1(c2ccccc2)CC[C@]2(CCC(=O)N2)CN1)c1cc(C(F)(F)F)cc(C(F)(F)F)c1.C[C@@H](OC[C@@]1(c2ccccc2)CC[C@]2(CCC(=O)N2)CN1C(=O)OCCl)c1cc(C(F)(F)F)cc(C(F)(F)F)c1. The highest BCUT2D eigenvalue weighted by atomic mass is 35.5. The zero-order chi connectivity index (χ0) is 54.8. The van der Waals surface area contributed by atoms with Crippen LogP contribution in [0.2, 0.25) is 0 Å². The standard InChI is InChI=1S/C27H27ClF6N2O4.C25H26F6N2O2/c1-17(18-11-20(26(29,30)31)13-21(12-18)27(32,33)34)39-15-25(19-5-3-2-4-6-19)10-9-24(8-7-22(37)35-24)14-36(25)23(38)40-16-28;1-16(17-11-19(24(26,27)28)13-20(12-17)25(29,30)31)35-15-23(18-5-3-2-4-6-18)10-9-22(14-32-23)8-7-21(34)33-22/h2-6,11-13,17H,7-10,14-16H2,1H3,(H,35,37);2-6,11-13,16,32H,7-10,14-15H2,1H3,(H,33,34)/t17-,24-,25-;16-,22-,23-/m11/s1. The molecule has 8 rings (SSSR count). The molecule has 10 nitrogen and oxygen atoms in total. The maximum Gasteiger partial charge on any atom is 0.416 e. The highest BCUT2D eigenvalue weighted by Gasteiger charge is 2.54. The largest absolute Gasteiger partial charge is 0.433 e. The second kappa shape index (κ2) is 21.8. The summed E-state index contributed by atoms with van der Waals surface area (Å²) < 4.78 is 177. The third-order valence-electron chi connectivity index (χ3n) is 14.6. The van der Waals surface area contributed by atoms with Crippen LogP contribution in [0, 0.1) is 0 Å². The van der Waals surface area contributed by atoms with Crippen molar-refractivity contribution in [3.63, 3.8) is 0 Å². The number of rotatable bonds is 11. The number of nitrogens with one attached hydrogen (secondary N) is 3. The van der Waals surface area contributed by atoms with Crippen molar-refractivity contribution in [3.05, 3.63) is 142 Å². The van der Waals surface area contributed by atoms with E-state index in [-0.39, 0.29) is 73.2 Å². The topological polar surface area (TPSA) is 118 Å². The van der Waals surface area contributed by atoms with Gasteiger partial charge >= 0.3 is 30.8 Å². The van der Waals surface area contributed by atoms with E-state index in [2.05, 4.69) is 16.0 Å². The minimum atomic E-state index is -5.01. The van der Waals surface area contributed by atoms with Crippen LogP contribution in [0.1, 0.15) is 122 Å². The van der Waals surface area contributed by atoms with Crippen molar-refractivity contribution in [1.29, 1.82) is 0 Å². The van der Waals surface area contributed by atoms with E-state index < -0.39 is 87.9 Å². The monoisotopic (exact) mass is 1090 g/mol. The molecule has 23 heteroatoms. The lowest BCUT2D eigenvalue weighted by molar-refractivity contribution is -0.145. The Morgan fingerprint density at radius 2 is 1.01 bits per heavy atom. The predicted molar refractivity (Wildman–Crippen MR) is 248 cm³/mol. The van der Waals surface area contributed by atoms with Gasteiger partial charge in [-0.05, 0) is 111 Å². The molecule has 3 N–H and O–H groups in total. The molecule has 0 aliphatic carbocycles. The summed E-state index contributed by atoms with van der Waals surface area (Å²) in [6.07, 6.45) is -19.1. The number of piperidine rings is 2. The lowest BCUT2D eigenvalue weighted by Gasteiger charge is -2.52. The first-order valence-electron chi connectivity index (χ1n) is 23.8. The van der Waals surface area contributed by atoms with Gasteiger partial charge in [0.1, 0.15) is 0 Å². The fraction of sp³-hybridized carbons (Fsp3) is 0.481. The van der Waals surface area contributed by atoms with Crippen molar-refractivity contribution in [3.8, 4) is 0 Å². The summed E-state index contributed by atoms with van der Waals surface area (Å²) >= 11 is 5.69. The normalized spacial score (nSPS) is 25.1. The van der Waals surface area contributed by atoms with Crippen LogP contribution in [0.15, 0.2) is 97.1 Å². The van der Waals surface area contributed by atoms with Gasteiger partial charge in [-0.3, -0.25) is 14.5 Å². The molecule has 408 valence electrons. The van der Waals surface area contributed by atoms with E-state index in [1.54, 1.807) is 30.3 Å².